The van der Waals surface area contributed by atoms with Gasteiger partial charge in [-0.1, -0.05) is 25.3 Å². The lowest BCUT2D eigenvalue weighted by Gasteiger charge is -2.33. The lowest BCUT2D eigenvalue weighted by molar-refractivity contribution is 0.0501. The molecule has 2 N–H and O–H groups in total. The molecule has 6 heteroatoms. The zero-order chi connectivity index (χ0) is 20.5. The minimum Gasteiger partial charge on any atom is -0.497 e. The molecule has 1 saturated carbocycles. The molecule has 0 radical (unpaired) electrons. The summed E-state index contributed by atoms with van der Waals surface area (Å²) in [6.45, 7) is 6.93. The van der Waals surface area contributed by atoms with Crippen LogP contribution in [-0.4, -0.2) is 81.0 Å². The molecule has 164 valence electrons. The summed E-state index contributed by atoms with van der Waals surface area (Å²) >= 11 is 0. The summed E-state index contributed by atoms with van der Waals surface area (Å²) in [6, 6.07) is 5.97. The minimum absolute atomic E-state index is 0.301. The maximum atomic E-state index is 10.5. The SMILES string of the molecule is COc1ccc(CNCC2CCCCC2)c(OCC(O)CN2CCN(C)CC2)c1. The van der Waals surface area contributed by atoms with Crippen LogP contribution in [0.25, 0.3) is 0 Å². The Morgan fingerprint density at radius 3 is 2.62 bits per heavy atom. The van der Waals surface area contributed by atoms with E-state index in [1.807, 2.05) is 12.1 Å². The first kappa shape index (κ1) is 22.3. The van der Waals surface area contributed by atoms with Gasteiger partial charge in [0.25, 0.3) is 0 Å². The largest absolute Gasteiger partial charge is 0.497 e. The molecule has 1 aromatic carbocycles. The van der Waals surface area contributed by atoms with Crippen molar-refractivity contribution < 1.29 is 14.6 Å². The van der Waals surface area contributed by atoms with Crippen LogP contribution in [0.4, 0.5) is 0 Å². The smallest absolute Gasteiger partial charge is 0.127 e. The zero-order valence-corrected chi connectivity index (χ0v) is 18.2. The number of aliphatic hydroxyl groups is 1. The molecule has 6 nitrogen and oxygen atoms in total. The highest BCUT2D eigenvalue weighted by Gasteiger charge is 2.18. The lowest BCUT2D eigenvalue weighted by Crippen LogP contribution is -2.47. The molecule has 1 unspecified atom stereocenters. The average molecular weight is 406 g/mol. The summed E-state index contributed by atoms with van der Waals surface area (Å²) in [6.07, 6.45) is 6.33. The molecule has 29 heavy (non-hydrogen) atoms. The Bertz CT molecular complexity index is 599. The summed E-state index contributed by atoms with van der Waals surface area (Å²) in [4.78, 5) is 4.63. The molecule has 1 aliphatic heterocycles. The van der Waals surface area contributed by atoms with E-state index in [4.69, 9.17) is 9.47 Å². The quantitative estimate of drug-likeness (QED) is 0.623. The predicted molar refractivity (Wildman–Crippen MR) is 117 cm³/mol. The Balaban J connectivity index is 1.48. The normalized spacial score (nSPS) is 20.5. The topological polar surface area (TPSA) is 57.2 Å². The first-order valence-electron chi connectivity index (χ1n) is 11.2. The van der Waals surface area contributed by atoms with Crippen LogP contribution in [0.1, 0.15) is 37.7 Å². The van der Waals surface area contributed by atoms with Crippen LogP contribution < -0.4 is 14.8 Å². The van der Waals surface area contributed by atoms with Gasteiger partial charge in [0.2, 0.25) is 0 Å². The second kappa shape index (κ2) is 11.7. The van der Waals surface area contributed by atoms with E-state index in [-0.39, 0.29) is 0 Å². The van der Waals surface area contributed by atoms with E-state index in [0.717, 1.165) is 62.2 Å². The maximum absolute atomic E-state index is 10.5. The van der Waals surface area contributed by atoms with Crippen LogP contribution in [0.5, 0.6) is 11.5 Å². The van der Waals surface area contributed by atoms with E-state index in [9.17, 15) is 5.11 Å². The Kier molecular flexibility index (Phi) is 9.05. The van der Waals surface area contributed by atoms with Crippen LogP contribution in [0.3, 0.4) is 0 Å². The zero-order valence-electron chi connectivity index (χ0n) is 18.2. The monoisotopic (exact) mass is 405 g/mol. The van der Waals surface area contributed by atoms with Gasteiger partial charge in [0.05, 0.1) is 7.11 Å². The molecule has 2 aliphatic rings. The van der Waals surface area contributed by atoms with Gasteiger partial charge < -0.3 is 24.8 Å². The number of hydrogen-bond acceptors (Lipinski definition) is 6. The summed E-state index contributed by atoms with van der Waals surface area (Å²) in [5, 5.41) is 14.1. The van der Waals surface area contributed by atoms with Crippen LogP contribution in [0.2, 0.25) is 0 Å². The summed E-state index contributed by atoms with van der Waals surface area (Å²) in [5.74, 6) is 2.39. The second-order valence-corrected chi connectivity index (χ2v) is 8.68. The van der Waals surface area contributed by atoms with E-state index in [2.05, 4.69) is 28.2 Å². The van der Waals surface area contributed by atoms with Gasteiger partial charge in [0.1, 0.15) is 24.2 Å². The number of nitrogens with one attached hydrogen (secondary N) is 1. The number of β-amino-alcohol motifs (C(OH)–C–C–N with tert-alkyl or cyclic N) is 1. The van der Waals surface area contributed by atoms with Gasteiger partial charge in [-0.15, -0.1) is 0 Å². The second-order valence-electron chi connectivity index (χ2n) is 8.68. The van der Waals surface area contributed by atoms with E-state index in [1.54, 1.807) is 7.11 Å². The molecule has 2 fully saturated rings. The van der Waals surface area contributed by atoms with Crippen LogP contribution >= 0.6 is 0 Å². The van der Waals surface area contributed by atoms with Crippen molar-refractivity contribution in [3.05, 3.63) is 23.8 Å². The number of methoxy groups -OCH3 is 1. The van der Waals surface area contributed by atoms with Gasteiger partial charge in [0, 0.05) is 50.9 Å². The van der Waals surface area contributed by atoms with Gasteiger partial charge in [-0.2, -0.15) is 0 Å². The van der Waals surface area contributed by atoms with E-state index in [1.165, 1.54) is 32.1 Å². The molecule has 0 amide bonds. The van der Waals surface area contributed by atoms with Crippen LogP contribution in [0, 0.1) is 5.92 Å². The van der Waals surface area contributed by atoms with Gasteiger partial charge in [-0.3, -0.25) is 4.90 Å². The molecule has 1 aliphatic carbocycles. The molecule has 1 aromatic rings. The highest BCUT2D eigenvalue weighted by molar-refractivity contribution is 5.40. The number of likely N-dealkylation sites (N-methyl/N-ethyl adjacent to an activating group) is 1. The number of nitrogens with zero attached hydrogens (tertiary/aromatic N) is 2. The average Bonchev–Trinajstić information content (AvgIpc) is 2.75. The number of rotatable bonds is 10. The van der Waals surface area contributed by atoms with Crippen molar-refractivity contribution in [1.29, 1.82) is 0 Å². The fraction of sp³-hybridized carbons (Fsp3) is 0.739. The third kappa shape index (κ3) is 7.45. The number of benzene rings is 1. The van der Waals surface area contributed by atoms with E-state index >= 15 is 0 Å². The Morgan fingerprint density at radius 1 is 1.14 bits per heavy atom. The van der Waals surface area contributed by atoms with Crippen LogP contribution in [-0.2, 0) is 6.54 Å². The lowest BCUT2D eigenvalue weighted by atomic mass is 9.89. The molecule has 1 saturated heterocycles. The van der Waals surface area contributed by atoms with Gasteiger partial charge in [-0.25, -0.2) is 0 Å². The summed E-state index contributed by atoms with van der Waals surface area (Å²) < 4.78 is 11.4. The van der Waals surface area contributed by atoms with Crippen molar-refractivity contribution in [1.82, 2.24) is 15.1 Å². The third-order valence-electron chi connectivity index (χ3n) is 6.24. The molecular formula is C23H39N3O3. The summed E-state index contributed by atoms with van der Waals surface area (Å²) in [5.41, 5.74) is 1.12. The standard InChI is InChI=1S/C23H39N3O3/c1-25-10-12-26(13-11-25)17-21(27)18-29-23-14-22(28-2)9-8-20(23)16-24-15-19-6-4-3-5-7-19/h8-9,14,19,21,24,27H,3-7,10-13,15-18H2,1-2H3. The highest BCUT2D eigenvalue weighted by Crippen LogP contribution is 2.26. The molecule has 0 bridgehead atoms. The van der Waals surface area contributed by atoms with Gasteiger partial charge in [-0.05, 0) is 38.4 Å². The number of ether oxygens (including phenoxy) is 2. The van der Waals surface area contributed by atoms with Gasteiger partial charge >= 0.3 is 0 Å². The van der Waals surface area contributed by atoms with Crippen molar-refractivity contribution >= 4 is 0 Å². The van der Waals surface area contributed by atoms with E-state index in [0.29, 0.717) is 13.2 Å². The minimum atomic E-state index is -0.493. The van der Waals surface area contributed by atoms with E-state index < -0.39 is 6.10 Å². The fourth-order valence-corrected chi connectivity index (χ4v) is 4.31. The number of aliphatic hydroxyl groups excluding tert-OH is 1. The predicted octanol–water partition coefficient (Wildman–Crippen LogP) is 2.35. The third-order valence-corrected chi connectivity index (χ3v) is 6.24. The molecule has 0 spiro atoms. The maximum Gasteiger partial charge on any atom is 0.127 e. The number of piperazine rings is 1. The fourth-order valence-electron chi connectivity index (χ4n) is 4.31. The first-order chi connectivity index (χ1) is 14.1. The summed E-state index contributed by atoms with van der Waals surface area (Å²) in [7, 11) is 3.81. The Labute approximate surface area is 176 Å². The van der Waals surface area contributed by atoms with Crippen LogP contribution in [0.15, 0.2) is 18.2 Å². The first-order valence-corrected chi connectivity index (χ1v) is 11.2. The molecular weight excluding hydrogens is 366 g/mol. The van der Waals surface area contributed by atoms with Crippen molar-refractivity contribution in [2.75, 3.05) is 60.0 Å². The molecule has 1 heterocycles. The van der Waals surface area contributed by atoms with Crippen molar-refractivity contribution in [2.45, 2.75) is 44.8 Å². The van der Waals surface area contributed by atoms with Crippen molar-refractivity contribution in [3.8, 4) is 11.5 Å². The number of hydrogen-bond donors (Lipinski definition) is 2. The molecule has 1 atom stereocenters. The van der Waals surface area contributed by atoms with Crippen molar-refractivity contribution in [3.63, 3.8) is 0 Å². The Morgan fingerprint density at radius 2 is 1.90 bits per heavy atom. The highest BCUT2D eigenvalue weighted by atomic mass is 16.5. The van der Waals surface area contributed by atoms with Gasteiger partial charge in [0.15, 0.2) is 0 Å². The molecule has 3 rings (SSSR count). The molecule has 0 aromatic heterocycles. The Hall–Kier alpha value is -1.34. The van der Waals surface area contributed by atoms with Crippen molar-refractivity contribution in [2.24, 2.45) is 5.92 Å².